The van der Waals surface area contributed by atoms with Gasteiger partial charge in [-0.1, -0.05) is 39.3 Å². The molecular formula is C24H25BrFN3O2. The van der Waals surface area contributed by atoms with Gasteiger partial charge in [-0.15, -0.1) is 0 Å². The molecule has 2 aromatic carbocycles. The molecule has 7 heteroatoms. The third-order valence-electron chi connectivity index (χ3n) is 5.71. The third-order valence-corrected chi connectivity index (χ3v) is 6.24. The number of likely N-dealkylation sites (tertiary alicyclic amines) is 1. The van der Waals surface area contributed by atoms with Crippen molar-refractivity contribution in [1.29, 1.82) is 0 Å². The van der Waals surface area contributed by atoms with Gasteiger partial charge in [0.05, 0.1) is 5.56 Å². The van der Waals surface area contributed by atoms with Gasteiger partial charge in [-0.05, 0) is 74.2 Å². The van der Waals surface area contributed by atoms with E-state index in [9.17, 15) is 9.18 Å². The van der Waals surface area contributed by atoms with Crippen LogP contribution < -0.4 is 5.32 Å². The summed E-state index contributed by atoms with van der Waals surface area (Å²) in [7, 11) is 0. The maximum absolute atomic E-state index is 14.1. The minimum atomic E-state index is -0.391. The first-order valence-electron chi connectivity index (χ1n) is 10.5. The van der Waals surface area contributed by atoms with Crippen molar-refractivity contribution in [3.05, 3.63) is 75.6 Å². The van der Waals surface area contributed by atoms with E-state index in [1.165, 1.54) is 17.7 Å². The fourth-order valence-corrected chi connectivity index (χ4v) is 4.12. The van der Waals surface area contributed by atoms with Gasteiger partial charge in [-0.3, -0.25) is 9.69 Å². The lowest BCUT2D eigenvalue weighted by Gasteiger charge is -2.32. The van der Waals surface area contributed by atoms with Crippen molar-refractivity contribution in [2.75, 3.05) is 19.6 Å². The molecule has 1 saturated heterocycles. The first-order chi connectivity index (χ1) is 15.0. The minimum absolute atomic E-state index is 0.169. The lowest BCUT2D eigenvalue weighted by Crippen LogP contribution is -2.38. The van der Waals surface area contributed by atoms with Crippen molar-refractivity contribution in [3.8, 4) is 11.3 Å². The summed E-state index contributed by atoms with van der Waals surface area (Å²) in [6.45, 7) is 5.39. The van der Waals surface area contributed by atoms with E-state index in [1.807, 2.05) is 6.92 Å². The van der Waals surface area contributed by atoms with E-state index in [0.29, 0.717) is 18.0 Å². The highest BCUT2D eigenvalue weighted by molar-refractivity contribution is 9.10. The molecule has 5 nitrogen and oxygen atoms in total. The van der Waals surface area contributed by atoms with Crippen LogP contribution >= 0.6 is 15.9 Å². The standard InChI is InChI=1S/C24H25BrFN3O2/c1-16-2-7-20(21(26)12-16)23-13-22(28-31-23)24(30)27-14-17-8-10-29(11-9-17)15-18-3-5-19(25)6-4-18/h2-7,12-13,17H,8-11,14-15H2,1H3,(H,27,30). The van der Waals surface area contributed by atoms with E-state index in [1.54, 1.807) is 12.1 Å². The van der Waals surface area contributed by atoms with Gasteiger partial charge < -0.3 is 9.84 Å². The number of nitrogens with one attached hydrogen (secondary N) is 1. The predicted molar refractivity (Wildman–Crippen MR) is 121 cm³/mol. The first kappa shape index (κ1) is 21.7. The molecule has 31 heavy (non-hydrogen) atoms. The molecule has 162 valence electrons. The quantitative estimate of drug-likeness (QED) is 0.521. The number of aryl methyl sites for hydroxylation is 1. The zero-order valence-electron chi connectivity index (χ0n) is 17.4. The van der Waals surface area contributed by atoms with Crippen LogP contribution in [-0.2, 0) is 6.54 Å². The molecule has 0 atom stereocenters. The van der Waals surface area contributed by atoms with E-state index >= 15 is 0 Å². The van der Waals surface area contributed by atoms with Crippen LogP contribution in [-0.4, -0.2) is 35.6 Å². The van der Waals surface area contributed by atoms with Gasteiger partial charge in [0.1, 0.15) is 5.82 Å². The highest BCUT2D eigenvalue weighted by Gasteiger charge is 2.21. The van der Waals surface area contributed by atoms with E-state index in [0.717, 1.165) is 42.5 Å². The van der Waals surface area contributed by atoms with Crippen molar-refractivity contribution < 1.29 is 13.7 Å². The van der Waals surface area contributed by atoms with E-state index < -0.39 is 5.82 Å². The Balaban J connectivity index is 1.25. The summed E-state index contributed by atoms with van der Waals surface area (Å²) < 4.78 is 20.4. The second-order valence-electron chi connectivity index (χ2n) is 8.12. The number of hydrogen-bond donors (Lipinski definition) is 1. The number of hydrogen-bond acceptors (Lipinski definition) is 4. The van der Waals surface area contributed by atoms with Crippen molar-refractivity contribution >= 4 is 21.8 Å². The average Bonchev–Trinajstić information content (AvgIpc) is 3.25. The monoisotopic (exact) mass is 485 g/mol. The Morgan fingerprint density at radius 1 is 1.19 bits per heavy atom. The number of halogens is 2. The van der Waals surface area contributed by atoms with Crippen LogP contribution in [0.2, 0.25) is 0 Å². The Bertz CT molecular complexity index is 1040. The largest absolute Gasteiger partial charge is 0.355 e. The Kier molecular flexibility index (Phi) is 6.83. The summed E-state index contributed by atoms with van der Waals surface area (Å²) in [6, 6.07) is 14.8. The van der Waals surface area contributed by atoms with Crippen LogP contribution in [0.15, 0.2) is 57.5 Å². The molecule has 0 spiro atoms. The number of carbonyl (C=O) groups excluding carboxylic acids is 1. The second-order valence-corrected chi connectivity index (χ2v) is 9.03. The van der Waals surface area contributed by atoms with Crippen LogP contribution in [0.5, 0.6) is 0 Å². The van der Waals surface area contributed by atoms with Crippen LogP contribution in [0.4, 0.5) is 4.39 Å². The van der Waals surface area contributed by atoms with Gasteiger partial charge in [-0.2, -0.15) is 0 Å². The maximum atomic E-state index is 14.1. The van der Waals surface area contributed by atoms with Gasteiger partial charge in [0, 0.05) is 23.6 Å². The first-order valence-corrected chi connectivity index (χ1v) is 11.3. The summed E-state index contributed by atoms with van der Waals surface area (Å²) >= 11 is 3.47. The molecule has 1 aliphatic rings. The lowest BCUT2D eigenvalue weighted by molar-refractivity contribution is 0.0926. The van der Waals surface area contributed by atoms with E-state index in [2.05, 4.69) is 55.6 Å². The molecule has 2 heterocycles. The number of rotatable bonds is 6. The molecule has 3 aromatic rings. The zero-order chi connectivity index (χ0) is 21.8. The SMILES string of the molecule is Cc1ccc(-c2cc(C(=O)NCC3CCN(Cc4ccc(Br)cc4)CC3)no2)c(F)c1. The molecule has 1 aliphatic heterocycles. The lowest BCUT2D eigenvalue weighted by atomic mass is 9.96. The molecule has 0 saturated carbocycles. The molecule has 0 unspecified atom stereocenters. The number of aromatic nitrogens is 1. The van der Waals surface area contributed by atoms with Gasteiger partial charge in [-0.25, -0.2) is 4.39 Å². The van der Waals surface area contributed by atoms with Crippen LogP contribution in [0.1, 0.15) is 34.5 Å². The van der Waals surface area contributed by atoms with Crippen molar-refractivity contribution in [2.24, 2.45) is 5.92 Å². The minimum Gasteiger partial charge on any atom is -0.355 e. The number of amides is 1. The number of nitrogens with zero attached hydrogens (tertiary/aromatic N) is 2. The van der Waals surface area contributed by atoms with Crippen molar-refractivity contribution in [1.82, 2.24) is 15.4 Å². The van der Waals surface area contributed by atoms with E-state index in [-0.39, 0.29) is 17.4 Å². The smallest absolute Gasteiger partial charge is 0.273 e. The van der Waals surface area contributed by atoms with Gasteiger partial charge in [0.25, 0.3) is 5.91 Å². The van der Waals surface area contributed by atoms with Crippen molar-refractivity contribution in [3.63, 3.8) is 0 Å². The number of benzene rings is 2. The summed E-state index contributed by atoms with van der Waals surface area (Å²) in [6.07, 6.45) is 2.07. The summed E-state index contributed by atoms with van der Waals surface area (Å²) in [4.78, 5) is 14.9. The van der Waals surface area contributed by atoms with Gasteiger partial charge >= 0.3 is 0 Å². The molecule has 1 fully saturated rings. The maximum Gasteiger partial charge on any atom is 0.273 e. The molecule has 1 aromatic heterocycles. The van der Waals surface area contributed by atoms with Crippen molar-refractivity contribution in [2.45, 2.75) is 26.3 Å². The Labute approximate surface area is 189 Å². The zero-order valence-corrected chi connectivity index (χ0v) is 19.0. The average molecular weight is 486 g/mol. The number of piperidine rings is 1. The summed E-state index contributed by atoms with van der Waals surface area (Å²) in [5, 5.41) is 6.77. The van der Waals surface area contributed by atoms with Crippen LogP contribution in [0.25, 0.3) is 11.3 Å². The van der Waals surface area contributed by atoms with Gasteiger partial charge in [0.15, 0.2) is 11.5 Å². The normalized spacial score (nSPS) is 15.2. The molecule has 1 N–H and O–H groups in total. The summed E-state index contributed by atoms with van der Waals surface area (Å²) in [5.74, 6) is 0.00718. The molecule has 0 aliphatic carbocycles. The Morgan fingerprint density at radius 2 is 1.94 bits per heavy atom. The highest BCUT2D eigenvalue weighted by atomic mass is 79.9. The molecule has 4 rings (SSSR count). The van der Waals surface area contributed by atoms with Crippen LogP contribution in [0, 0.1) is 18.7 Å². The predicted octanol–water partition coefficient (Wildman–Crippen LogP) is 5.19. The molecule has 0 bridgehead atoms. The Morgan fingerprint density at radius 3 is 2.65 bits per heavy atom. The van der Waals surface area contributed by atoms with E-state index in [4.69, 9.17) is 4.52 Å². The number of carbonyl (C=O) groups is 1. The topological polar surface area (TPSA) is 58.4 Å². The third kappa shape index (κ3) is 5.60. The Hall–Kier alpha value is -2.51. The molecular weight excluding hydrogens is 461 g/mol. The fraction of sp³-hybridized carbons (Fsp3) is 0.333. The van der Waals surface area contributed by atoms with Crippen LogP contribution in [0.3, 0.4) is 0 Å². The molecule has 0 radical (unpaired) electrons. The van der Waals surface area contributed by atoms with Gasteiger partial charge in [0.2, 0.25) is 0 Å². The summed E-state index contributed by atoms with van der Waals surface area (Å²) in [5.41, 5.74) is 2.60. The molecule has 1 amide bonds. The fourth-order valence-electron chi connectivity index (χ4n) is 3.85. The second kappa shape index (κ2) is 9.75. The highest BCUT2D eigenvalue weighted by Crippen LogP contribution is 2.25.